The number of likely N-dealkylation sites (N-methyl/N-ethyl adjacent to an activating group) is 1. The van der Waals surface area contributed by atoms with Gasteiger partial charge in [0, 0.05) is 13.6 Å². The Kier molecular flexibility index (Phi) is 13.2. The summed E-state index contributed by atoms with van der Waals surface area (Å²) in [5.74, 6) is -1.59. The monoisotopic (exact) mass is 607 g/mol. The second kappa shape index (κ2) is 15.6. The van der Waals surface area contributed by atoms with Gasteiger partial charge in [-0.2, -0.15) is 26.3 Å². The number of benzene rings is 1. The smallest absolute Gasteiger partial charge is 0.344 e. The zero-order valence-corrected chi connectivity index (χ0v) is 24.8. The quantitative estimate of drug-likeness (QED) is 0.251. The molecule has 0 aliphatic heterocycles. The normalized spacial score (nSPS) is 16.2. The lowest BCUT2D eigenvalue weighted by atomic mass is 9.84. The van der Waals surface area contributed by atoms with Crippen LogP contribution in [-0.4, -0.2) is 48.3 Å². The molecule has 0 spiro atoms. The van der Waals surface area contributed by atoms with E-state index in [4.69, 9.17) is 0 Å². The highest BCUT2D eigenvalue weighted by Crippen LogP contribution is 2.36. The maximum absolute atomic E-state index is 13.4. The van der Waals surface area contributed by atoms with Crippen LogP contribution in [0.1, 0.15) is 95.2 Å². The second-order valence-corrected chi connectivity index (χ2v) is 11.8. The molecule has 1 saturated carbocycles. The third-order valence-corrected chi connectivity index (χ3v) is 7.50. The first kappa shape index (κ1) is 35.4. The fourth-order valence-electron chi connectivity index (χ4n) is 5.28. The highest BCUT2D eigenvalue weighted by Gasteiger charge is 2.37. The largest absolute Gasteiger partial charge is 0.416 e. The van der Waals surface area contributed by atoms with E-state index in [-0.39, 0.29) is 30.2 Å². The maximum atomic E-state index is 13.4. The lowest BCUT2D eigenvalue weighted by Crippen LogP contribution is -2.55. The van der Waals surface area contributed by atoms with Crippen molar-refractivity contribution >= 4 is 17.7 Å². The van der Waals surface area contributed by atoms with E-state index < -0.39 is 59.4 Å². The Morgan fingerprint density at radius 1 is 0.905 bits per heavy atom. The molecule has 0 unspecified atom stereocenters. The van der Waals surface area contributed by atoms with Crippen LogP contribution in [0.2, 0.25) is 0 Å². The van der Waals surface area contributed by atoms with Gasteiger partial charge < -0.3 is 15.5 Å². The summed E-state index contributed by atoms with van der Waals surface area (Å²) in [6, 6.07) is -0.952. The molecule has 1 aromatic carbocycles. The number of alkyl halides is 6. The highest BCUT2D eigenvalue weighted by atomic mass is 19.4. The molecule has 0 heterocycles. The van der Waals surface area contributed by atoms with Gasteiger partial charge in [-0.15, -0.1) is 0 Å². The fourth-order valence-corrected chi connectivity index (χ4v) is 5.28. The molecule has 0 radical (unpaired) electrons. The van der Waals surface area contributed by atoms with Crippen LogP contribution in [-0.2, 0) is 33.2 Å². The van der Waals surface area contributed by atoms with Crippen molar-refractivity contribution in [3.8, 4) is 0 Å². The number of nitrogens with zero attached hydrogens (tertiary/aromatic N) is 1. The zero-order chi connectivity index (χ0) is 31.7. The molecule has 238 valence electrons. The minimum Gasteiger partial charge on any atom is -0.344 e. The predicted octanol–water partition coefficient (Wildman–Crippen LogP) is 6.51. The van der Waals surface area contributed by atoms with Gasteiger partial charge in [-0.05, 0) is 54.9 Å². The predicted molar refractivity (Wildman–Crippen MR) is 147 cm³/mol. The van der Waals surface area contributed by atoms with Gasteiger partial charge in [0.05, 0.1) is 17.5 Å². The van der Waals surface area contributed by atoms with Crippen LogP contribution in [0, 0.1) is 11.8 Å². The summed E-state index contributed by atoms with van der Waals surface area (Å²) in [4.78, 5) is 41.2. The summed E-state index contributed by atoms with van der Waals surface area (Å²) in [7, 11) is 1.68. The first-order valence-corrected chi connectivity index (χ1v) is 14.6. The SMILES string of the molecule is CCCCN(C)C(=O)[C@H](CC1CCCCC1)NC(=O)[C@H](CC(C)C)NC(=O)Cc1cc(C(F)(F)F)cc(C(F)(F)F)c1. The lowest BCUT2D eigenvalue weighted by Gasteiger charge is -2.31. The third kappa shape index (κ3) is 11.5. The number of carbonyl (C=O) groups excluding carboxylic acids is 3. The van der Waals surface area contributed by atoms with E-state index in [1.54, 1.807) is 25.8 Å². The lowest BCUT2D eigenvalue weighted by molar-refractivity contribution is -0.143. The number of nitrogens with one attached hydrogen (secondary N) is 2. The van der Waals surface area contributed by atoms with Gasteiger partial charge in [0.1, 0.15) is 12.1 Å². The first-order chi connectivity index (χ1) is 19.5. The van der Waals surface area contributed by atoms with E-state index in [0.29, 0.717) is 25.1 Å². The Morgan fingerprint density at radius 2 is 1.48 bits per heavy atom. The fraction of sp³-hybridized carbons (Fsp3) is 0.700. The molecule has 12 heteroatoms. The molecule has 6 nitrogen and oxygen atoms in total. The third-order valence-electron chi connectivity index (χ3n) is 7.50. The van der Waals surface area contributed by atoms with Crippen LogP contribution >= 0.6 is 0 Å². The Hall–Kier alpha value is -2.79. The summed E-state index contributed by atoms with van der Waals surface area (Å²) in [5.41, 5.74) is -3.53. The molecule has 1 fully saturated rings. The number of amides is 3. The molecule has 2 rings (SSSR count). The topological polar surface area (TPSA) is 78.5 Å². The number of hydrogen-bond acceptors (Lipinski definition) is 3. The van der Waals surface area contributed by atoms with Gasteiger partial charge in [0.25, 0.3) is 0 Å². The van der Waals surface area contributed by atoms with Crippen molar-refractivity contribution < 1.29 is 40.7 Å². The van der Waals surface area contributed by atoms with Crippen molar-refractivity contribution in [3.63, 3.8) is 0 Å². The van der Waals surface area contributed by atoms with Gasteiger partial charge in [-0.3, -0.25) is 14.4 Å². The van der Waals surface area contributed by atoms with Gasteiger partial charge in [0.15, 0.2) is 0 Å². The summed E-state index contributed by atoms with van der Waals surface area (Å²) in [6.07, 6.45) is -3.49. The van der Waals surface area contributed by atoms with Crippen molar-refractivity contribution in [3.05, 3.63) is 34.9 Å². The minimum atomic E-state index is -5.04. The Balaban J connectivity index is 2.24. The van der Waals surface area contributed by atoms with E-state index in [9.17, 15) is 40.7 Å². The Bertz CT molecular complexity index is 1020. The molecule has 2 N–H and O–H groups in total. The van der Waals surface area contributed by atoms with Gasteiger partial charge in [-0.25, -0.2) is 0 Å². The molecule has 0 aromatic heterocycles. The van der Waals surface area contributed by atoms with Crippen LogP contribution in [0.3, 0.4) is 0 Å². The number of halogens is 6. The summed E-state index contributed by atoms with van der Waals surface area (Å²) in [6.45, 7) is 6.13. The molecule has 3 amide bonds. The maximum Gasteiger partial charge on any atom is 0.416 e. The van der Waals surface area contributed by atoms with Crippen molar-refractivity contribution in [2.45, 2.75) is 109 Å². The molecule has 1 aromatic rings. The number of rotatable bonds is 13. The van der Waals surface area contributed by atoms with Crippen molar-refractivity contribution in [2.75, 3.05) is 13.6 Å². The Morgan fingerprint density at radius 3 is 1.98 bits per heavy atom. The van der Waals surface area contributed by atoms with Crippen molar-refractivity contribution in [2.24, 2.45) is 11.8 Å². The molecule has 2 atom stereocenters. The summed E-state index contributed by atoms with van der Waals surface area (Å²) >= 11 is 0. The average molecular weight is 608 g/mol. The van der Waals surface area contributed by atoms with E-state index in [2.05, 4.69) is 10.6 Å². The standard InChI is InChI=1S/C30H43F6N3O3/c1-5-6-12-39(4)28(42)25(16-20-10-8-7-9-11-20)38-27(41)24(13-19(2)3)37-26(40)17-21-14-22(29(31,32)33)18-23(15-21)30(34,35)36/h14-15,18-20,24-25H,5-13,16-17H2,1-4H3,(H,37,40)(H,38,41)/t24-,25-/m0/s1. The zero-order valence-electron chi connectivity index (χ0n) is 24.8. The van der Waals surface area contributed by atoms with E-state index >= 15 is 0 Å². The van der Waals surface area contributed by atoms with Crippen LogP contribution in [0.4, 0.5) is 26.3 Å². The van der Waals surface area contributed by atoms with E-state index in [1.165, 1.54) is 0 Å². The van der Waals surface area contributed by atoms with Gasteiger partial charge >= 0.3 is 12.4 Å². The summed E-state index contributed by atoms with van der Waals surface area (Å²) < 4.78 is 79.6. The average Bonchev–Trinajstić information content (AvgIpc) is 2.89. The van der Waals surface area contributed by atoms with Crippen molar-refractivity contribution in [1.82, 2.24) is 15.5 Å². The minimum absolute atomic E-state index is 0.00257. The first-order valence-electron chi connectivity index (χ1n) is 14.6. The van der Waals surface area contributed by atoms with E-state index in [1.807, 2.05) is 6.92 Å². The van der Waals surface area contributed by atoms with E-state index in [0.717, 1.165) is 44.9 Å². The van der Waals surface area contributed by atoms with Crippen molar-refractivity contribution in [1.29, 1.82) is 0 Å². The molecular weight excluding hydrogens is 564 g/mol. The molecule has 1 aliphatic rings. The van der Waals surface area contributed by atoms with Crippen LogP contribution in [0.25, 0.3) is 0 Å². The second-order valence-electron chi connectivity index (χ2n) is 11.8. The molecular formula is C30H43F6N3O3. The highest BCUT2D eigenvalue weighted by molar-refractivity contribution is 5.92. The summed E-state index contributed by atoms with van der Waals surface area (Å²) in [5, 5.41) is 5.30. The van der Waals surface area contributed by atoms with Gasteiger partial charge in [0.2, 0.25) is 17.7 Å². The number of hydrogen-bond donors (Lipinski definition) is 2. The van der Waals surface area contributed by atoms with Gasteiger partial charge in [-0.1, -0.05) is 59.3 Å². The van der Waals surface area contributed by atoms with Crippen LogP contribution in [0.5, 0.6) is 0 Å². The van der Waals surface area contributed by atoms with Crippen LogP contribution in [0.15, 0.2) is 18.2 Å². The molecule has 1 aliphatic carbocycles. The molecule has 0 bridgehead atoms. The van der Waals surface area contributed by atoms with Crippen LogP contribution < -0.4 is 10.6 Å². The molecule has 42 heavy (non-hydrogen) atoms. The number of carbonyl (C=O) groups is 3. The Labute approximate surface area is 244 Å². The number of unbranched alkanes of at least 4 members (excludes halogenated alkanes) is 1. The molecule has 0 saturated heterocycles.